The van der Waals surface area contributed by atoms with Gasteiger partial charge in [-0.25, -0.2) is 4.98 Å². The number of oxazole rings is 1. The molecule has 1 aromatic carbocycles. The molecule has 2 atom stereocenters. The van der Waals surface area contributed by atoms with Crippen molar-refractivity contribution in [1.82, 2.24) is 19.7 Å². The molecule has 6 nitrogen and oxygen atoms in total. The minimum atomic E-state index is -0.00229. The lowest BCUT2D eigenvalue weighted by molar-refractivity contribution is 0.0686. The Labute approximate surface area is 179 Å². The van der Waals surface area contributed by atoms with E-state index in [9.17, 15) is 4.79 Å². The molecule has 4 rings (SSSR count). The maximum atomic E-state index is 12.8. The van der Waals surface area contributed by atoms with Crippen LogP contribution in [0.15, 0.2) is 47.1 Å². The monoisotopic (exact) mass is 408 g/mol. The highest BCUT2D eigenvalue weighted by atomic mass is 16.3. The normalized spacial score (nSPS) is 23.5. The van der Waals surface area contributed by atoms with Gasteiger partial charge >= 0.3 is 0 Å². The summed E-state index contributed by atoms with van der Waals surface area (Å²) in [6.07, 6.45) is 8.06. The summed E-state index contributed by atoms with van der Waals surface area (Å²) in [6.45, 7) is 9.84. The Bertz CT molecular complexity index is 845. The van der Waals surface area contributed by atoms with Crippen LogP contribution in [0.1, 0.15) is 48.6 Å². The van der Waals surface area contributed by atoms with Gasteiger partial charge in [0.25, 0.3) is 5.91 Å². The molecule has 2 aliphatic heterocycles. The molecule has 2 aliphatic rings. The lowest BCUT2D eigenvalue weighted by atomic mass is 10.2. The van der Waals surface area contributed by atoms with E-state index in [1.807, 2.05) is 11.0 Å². The number of aromatic nitrogens is 1. The Hall–Kier alpha value is -2.44. The van der Waals surface area contributed by atoms with E-state index in [0.717, 1.165) is 45.6 Å². The summed E-state index contributed by atoms with van der Waals surface area (Å²) in [5.74, 6) is 0.632. The predicted octanol–water partition coefficient (Wildman–Crippen LogP) is 3.52. The van der Waals surface area contributed by atoms with Gasteiger partial charge < -0.3 is 9.32 Å². The van der Waals surface area contributed by atoms with Crippen LogP contribution in [0.5, 0.6) is 0 Å². The molecule has 2 fully saturated rings. The van der Waals surface area contributed by atoms with Crippen LogP contribution in [-0.2, 0) is 6.54 Å². The molecule has 30 heavy (non-hydrogen) atoms. The average molecular weight is 409 g/mol. The topological polar surface area (TPSA) is 52.8 Å². The van der Waals surface area contributed by atoms with E-state index in [-0.39, 0.29) is 18.0 Å². The lowest BCUT2D eigenvalue weighted by Crippen LogP contribution is -2.45. The number of hydrogen-bond donors (Lipinski definition) is 0. The number of likely N-dealkylation sites (tertiary alicyclic amines) is 1. The first-order valence-corrected chi connectivity index (χ1v) is 11.0. The molecule has 2 saturated heterocycles. The molecule has 0 unspecified atom stereocenters. The van der Waals surface area contributed by atoms with E-state index in [1.165, 1.54) is 11.8 Å². The molecule has 2 aromatic rings. The van der Waals surface area contributed by atoms with Gasteiger partial charge in [-0.2, -0.15) is 0 Å². The van der Waals surface area contributed by atoms with Crippen LogP contribution in [0.3, 0.4) is 0 Å². The van der Waals surface area contributed by atoms with Crippen molar-refractivity contribution < 1.29 is 9.21 Å². The van der Waals surface area contributed by atoms with Gasteiger partial charge in [0.15, 0.2) is 5.69 Å². The summed E-state index contributed by atoms with van der Waals surface area (Å²) in [6, 6.07) is 11.0. The molecule has 0 aliphatic carbocycles. The van der Waals surface area contributed by atoms with Gasteiger partial charge in [0.05, 0.1) is 6.54 Å². The maximum Gasteiger partial charge on any atom is 0.276 e. The molecule has 6 heteroatoms. The molecular weight excluding hydrogens is 376 g/mol. The number of piperazine rings is 1. The van der Waals surface area contributed by atoms with Gasteiger partial charge in [-0.3, -0.25) is 14.6 Å². The van der Waals surface area contributed by atoms with Gasteiger partial charge in [-0.05, 0) is 32.3 Å². The maximum absolute atomic E-state index is 12.8. The Balaban J connectivity index is 1.24. The standard InChI is InChI=1S/C24H32N4O2/c1-19-10-11-20(2)28(19)24(29)22-18-30-23(25-22)17-27-15-13-26(14-16-27)12-6-9-21-7-4-3-5-8-21/h3-9,18-20H,10-17H2,1-2H3/t19-,20-/m1/s1. The van der Waals surface area contributed by atoms with Crippen LogP contribution in [-0.4, -0.2) is 70.4 Å². The van der Waals surface area contributed by atoms with Crippen LogP contribution in [0.25, 0.3) is 6.08 Å². The third-order valence-corrected chi connectivity index (χ3v) is 6.25. The minimum Gasteiger partial charge on any atom is -0.447 e. The van der Waals surface area contributed by atoms with Gasteiger partial charge in [0.1, 0.15) is 6.26 Å². The van der Waals surface area contributed by atoms with Gasteiger partial charge in [-0.15, -0.1) is 0 Å². The highest BCUT2D eigenvalue weighted by molar-refractivity contribution is 5.92. The van der Waals surface area contributed by atoms with E-state index < -0.39 is 0 Å². The highest BCUT2D eigenvalue weighted by Gasteiger charge is 2.33. The summed E-state index contributed by atoms with van der Waals surface area (Å²) in [4.78, 5) is 24.0. The first-order valence-electron chi connectivity index (χ1n) is 11.0. The molecule has 1 aromatic heterocycles. The van der Waals surface area contributed by atoms with Crippen LogP contribution in [0, 0.1) is 0 Å². The number of carbonyl (C=O) groups is 1. The molecule has 0 spiro atoms. The predicted molar refractivity (Wildman–Crippen MR) is 118 cm³/mol. The Morgan fingerprint density at radius 1 is 1.07 bits per heavy atom. The van der Waals surface area contributed by atoms with Crippen molar-refractivity contribution in [3.8, 4) is 0 Å². The lowest BCUT2D eigenvalue weighted by Gasteiger charge is -2.33. The summed E-state index contributed by atoms with van der Waals surface area (Å²) >= 11 is 0. The van der Waals surface area contributed by atoms with Crippen molar-refractivity contribution in [3.63, 3.8) is 0 Å². The van der Waals surface area contributed by atoms with Crippen molar-refractivity contribution in [1.29, 1.82) is 0 Å². The number of amides is 1. The van der Waals surface area contributed by atoms with Crippen molar-refractivity contribution >= 4 is 12.0 Å². The number of carbonyl (C=O) groups excluding carboxylic acids is 1. The second-order valence-electron chi connectivity index (χ2n) is 8.50. The Morgan fingerprint density at radius 2 is 1.73 bits per heavy atom. The van der Waals surface area contributed by atoms with Gasteiger partial charge in [-0.1, -0.05) is 42.5 Å². The molecule has 160 valence electrons. The fourth-order valence-electron chi connectivity index (χ4n) is 4.43. The quantitative estimate of drug-likeness (QED) is 0.732. The first-order chi connectivity index (χ1) is 14.6. The smallest absolute Gasteiger partial charge is 0.276 e. The van der Waals surface area contributed by atoms with Gasteiger partial charge in [0.2, 0.25) is 5.89 Å². The first kappa shape index (κ1) is 20.8. The van der Waals surface area contributed by atoms with Crippen LogP contribution >= 0.6 is 0 Å². The molecule has 3 heterocycles. The SMILES string of the molecule is C[C@@H]1CC[C@@H](C)N1C(=O)c1coc(CN2CCN(CC=Cc3ccccc3)CC2)n1. The van der Waals surface area contributed by atoms with E-state index in [2.05, 4.69) is 65.0 Å². The summed E-state index contributed by atoms with van der Waals surface area (Å²) in [5.41, 5.74) is 1.68. The number of rotatable bonds is 6. The molecule has 0 bridgehead atoms. The fourth-order valence-corrected chi connectivity index (χ4v) is 4.43. The third kappa shape index (κ3) is 4.99. The van der Waals surface area contributed by atoms with Crippen LogP contribution in [0.4, 0.5) is 0 Å². The fraction of sp³-hybridized carbons (Fsp3) is 0.500. The van der Waals surface area contributed by atoms with Crippen molar-refractivity contribution in [2.45, 2.75) is 45.3 Å². The van der Waals surface area contributed by atoms with Crippen molar-refractivity contribution in [2.75, 3.05) is 32.7 Å². The molecule has 0 saturated carbocycles. The average Bonchev–Trinajstić information content (AvgIpc) is 3.36. The van der Waals surface area contributed by atoms with E-state index >= 15 is 0 Å². The van der Waals surface area contributed by atoms with E-state index in [0.29, 0.717) is 18.1 Å². The van der Waals surface area contributed by atoms with Crippen LogP contribution in [0.2, 0.25) is 0 Å². The largest absolute Gasteiger partial charge is 0.447 e. The number of nitrogens with zero attached hydrogens (tertiary/aromatic N) is 4. The zero-order valence-corrected chi connectivity index (χ0v) is 18.0. The third-order valence-electron chi connectivity index (χ3n) is 6.25. The molecule has 1 amide bonds. The van der Waals surface area contributed by atoms with E-state index in [1.54, 1.807) is 0 Å². The highest BCUT2D eigenvalue weighted by Crippen LogP contribution is 2.25. The Morgan fingerprint density at radius 3 is 2.43 bits per heavy atom. The molecule has 0 N–H and O–H groups in total. The zero-order chi connectivity index (χ0) is 20.9. The van der Waals surface area contributed by atoms with Crippen LogP contribution < -0.4 is 0 Å². The zero-order valence-electron chi connectivity index (χ0n) is 18.0. The number of benzene rings is 1. The summed E-state index contributed by atoms with van der Waals surface area (Å²) in [7, 11) is 0. The summed E-state index contributed by atoms with van der Waals surface area (Å²) < 4.78 is 5.63. The minimum absolute atomic E-state index is 0.00229. The molecule has 0 radical (unpaired) electrons. The van der Waals surface area contributed by atoms with Crippen molar-refractivity contribution in [3.05, 3.63) is 59.8 Å². The Kier molecular flexibility index (Phi) is 6.65. The van der Waals surface area contributed by atoms with Crippen molar-refractivity contribution in [2.24, 2.45) is 0 Å². The number of hydrogen-bond acceptors (Lipinski definition) is 5. The second kappa shape index (κ2) is 9.58. The van der Waals surface area contributed by atoms with E-state index in [4.69, 9.17) is 4.42 Å². The second-order valence-corrected chi connectivity index (χ2v) is 8.50. The summed E-state index contributed by atoms with van der Waals surface area (Å²) in [5, 5.41) is 0. The van der Waals surface area contributed by atoms with Gasteiger partial charge in [0, 0.05) is 44.8 Å². The molecular formula is C24H32N4O2.